The Hall–Kier alpha value is -0.200. The Morgan fingerprint density at radius 2 is 2.00 bits per heavy atom. The van der Waals surface area contributed by atoms with E-state index >= 15 is 0 Å². The van der Waals surface area contributed by atoms with E-state index in [0.29, 0.717) is 0 Å². The lowest BCUT2D eigenvalue weighted by molar-refractivity contribution is 0.0297. The lowest BCUT2D eigenvalue weighted by Crippen LogP contribution is -2.64. The molecule has 78 valence electrons. The fourth-order valence-corrected chi connectivity index (χ4v) is 2.61. The van der Waals surface area contributed by atoms with Gasteiger partial charge in [-0.2, -0.15) is 4.31 Å². The van der Waals surface area contributed by atoms with E-state index in [0.717, 1.165) is 4.31 Å². The molecule has 0 aliphatic carbocycles. The first-order chi connectivity index (χ1) is 5.82. The van der Waals surface area contributed by atoms with Crippen LogP contribution in [0.2, 0.25) is 0 Å². The zero-order valence-electron chi connectivity index (χ0n) is 7.83. The topological polar surface area (TPSA) is 63.4 Å². The molecule has 0 aromatic carbocycles. The zero-order chi connectivity index (χ0) is 10.3. The van der Waals surface area contributed by atoms with E-state index in [-0.39, 0.29) is 19.6 Å². The molecular weight excluding hydrogens is 195 g/mol. The average Bonchev–Trinajstić information content (AvgIpc) is 1.98. The van der Waals surface area contributed by atoms with Crippen molar-refractivity contribution in [3.8, 4) is 0 Å². The molecule has 1 rings (SSSR count). The van der Waals surface area contributed by atoms with E-state index in [4.69, 9.17) is 5.73 Å². The van der Waals surface area contributed by atoms with E-state index in [1.165, 1.54) is 0 Å². The molecule has 0 saturated carbocycles. The molecule has 1 aliphatic rings. The van der Waals surface area contributed by atoms with Gasteiger partial charge in [0.15, 0.2) is 5.67 Å². The predicted octanol–water partition coefficient (Wildman–Crippen LogP) is -0.293. The molecule has 2 N–H and O–H groups in total. The maximum absolute atomic E-state index is 13.2. The van der Waals surface area contributed by atoms with Crippen LogP contribution in [0.25, 0.3) is 0 Å². The molecular formula is C7H15FN2O2S. The van der Waals surface area contributed by atoms with E-state index in [9.17, 15) is 12.8 Å². The molecule has 0 atom stereocenters. The summed E-state index contributed by atoms with van der Waals surface area (Å²) >= 11 is 0. The minimum Gasteiger partial charge on any atom is -0.327 e. The normalized spacial score (nSPS) is 23.2. The highest BCUT2D eigenvalue weighted by atomic mass is 32.2. The summed E-state index contributed by atoms with van der Waals surface area (Å²) in [5.74, 6) is 0. The molecule has 1 fully saturated rings. The highest BCUT2D eigenvalue weighted by Crippen LogP contribution is 2.28. The number of halogens is 1. The van der Waals surface area contributed by atoms with Gasteiger partial charge in [0.25, 0.3) is 0 Å². The molecule has 1 saturated heterocycles. The van der Waals surface area contributed by atoms with Crippen LogP contribution in [0.15, 0.2) is 0 Å². The summed E-state index contributed by atoms with van der Waals surface area (Å²) in [4.78, 5) is 0. The molecule has 0 bridgehead atoms. The minimum absolute atomic E-state index is 0.0932. The quantitative estimate of drug-likeness (QED) is 0.696. The third-order valence-electron chi connectivity index (χ3n) is 2.24. The minimum atomic E-state index is -3.28. The van der Waals surface area contributed by atoms with Crippen molar-refractivity contribution in [3.63, 3.8) is 0 Å². The highest BCUT2D eigenvalue weighted by molar-refractivity contribution is 7.89. The van der Waals surface area contributed by atoms with Gasteiger partial charge in [-0.15, -0.1) is 0 Å². The van der Waals surface area contributed by atoms with Crippen LogP contribution < -0.4 is 5.73 Å². The average molecular weight is 210 g/mol. The summed E-state index contributed by atoms with van der Waals surface area (Å²) in [6, 6.07) is 0. The smallest absolute Gasteiger partial charge is 0.216 e. The van der Waals surface area contributed by atoms with Crippen molar-refractivity contribution >= 4 is 10.0 Å². The number of hydrogen-bond donors (Lipinski definition) is 1. The Bertz CT molecular complexity index is 283. The van der Waals surface area contributed by atoms with E-state index in [1.54, 1.807) is 13.8 Å². The standard InChI is InChI=1S/C7H15FN2O2S/c1-6(2)13(11,12)10-4-7(8,3-9)5-10/h6H,3-5,9H2,1-2H3. The Kier molecular flexibility index (Phi) is 2.66. The molecule has 1 heterocycles. The SMILES string of the molecule is CC(C)S(=O)(=O)N1CC(F)(CN)C1. The van der Waals surface area contributed by atoms with Gasteiger partial charge in [-0.25, -0.2) is 12.8 Å². The predicted molar refractivity (Wildman–Crippen MR) is 48.5 cm³/mol. The van der Waals surface area contributed by atoms with Crippen LogP contribution in [0.3, 0.4) is 0 Å². The number of rotatable bonds is 3. The lowest BCUT2D eigenvalue weighted by atomic mass is 10.0. The first kappa shape index (κ1) is 10.9. The van der Waals surface area contributed by atoms with Gasteiger partial charge >= 0.3 is 0 Å². The monoisotopic (exact) mass is 210 g/mol. The van der Waals surface area contributed by atoms with Gasteiger partial charge in [0, 0.05) is 6.54 Å². The van der Waals surface area contributed by atoms with Gasteiger partial charge in [0.1, 0.15) is 0 Å². The number of alkyl halides is 1. The molecule has 1 aliphatic heterocycles. The summed E-state index contributed by atoms with van der Waals surface area (Å²) in [6.07, 6.45) is 0. The first-order valence-electron chi connectivity index (χ1n) is 4.20. The van der Waals surface area contributed by atoms with Crippen LogP contribution in [0.5, 0.6) is 0 Å². The second-order valence-electron chi connectivity index (χ2n) is 3.72. The Morgan fingerprint density at radius 3 is 2.31 bits per heavy atom. The van der Waals surface area contributed by atoms with E-state index < -0.39 is 20.9 Å². The Labute approximate surface area is 77.9 Å². The van der Waals surface area contributed by atoms with Gasteiger partial charge in [-0.1, -0.05) is 0 Å². The van der Waals surface area contributed by atoms with Gasteiger partial charge in [0.05, 0.1) is 18.3 Å². The van der Waals surface area contributed by atoms with E-state index in [1.807, 2.05) is 0 Å². The van der Waals surface area contributed by atoms with Crippen LogP contribution in [0.1, 0.15) is 13.8 Å². The second-order valence-corrected chi connectivity index (χ2v) is 6.21. The highest BCUT2D eigenvalue weighted by Gasteiger charge is 2.48. The van der Waals surface area contributed by atoms with Crippen LogP contribution >= 0.6 is 0 Å². The Balaban J connectivity index is 2.63. The van der Waals surface area contributed by atoms with Crippen molar-refractivity contribution in [3.05, 3.63) is 0 Å². The van der Waals surface area contributed by atoms with Crippen molar-refractivity contribution in [2.45, 2.75) is 24.8 Å². The molecule has 13 heavy (non-hydrogen) atoms. The molecule has 0 aromatic rings. The molecule has 0 aromatic heterocycles. The van der Waals surface area contributed by atoms with Crippen molar-refractivity contribution in [2.24, 2.45) is 5.73 Å². The maximum Gasteiger partial charge on any atom is 0.216 e. The maximum atomic E-state index is 13.2. The molecule has 0 unspecified atom stereocenters. The van der Waals surface area contributed by atoms with Crippen LogP contribution in [0.4, 0.5) is 4.39 Å². The Morgan fingerprint density at radius 1 is 1.54 bits per heavy atom. The molecule has 0 radical (unpaired) electrons. The molecule has 6 heteroatoms. The van der Waals surface area contributed by atoms with Crippen molar-refractivity contribution < 1.29 is 12.8 Å². The third kappa shape index (κ3) is 1.84. The number of sulfonamides is 1. The van der Waals surface area contributed by atoms with Crippen LogP contribution in [-0.4, -0.2) is 43.3 Å². The number of nitrogens with two attached hydrogens (primary N) is 1. The van der Waals surface area contributed by atoms with Gasteiger partial charge in [-0.3, -0.25) is 0 Å². The van der Waals surface area contributed by atoms with Crippen LogP contribution in [-0.2, 0) is 10.0 Å². The molecule has 0 spiro atoms. The van der Waals surface area contributed by atoms with Crippen molar-refractivity contribution in [2.75, 3.05) is 19.6 Å². The summed E-state index contributed by atoms with van der Waals surface area (Å²) in [7, 11) is -3.28. The second kappa shape index (κ2) is 3.18. The number of nitrogens with zero attached hydrogens (tertiary/aromatic N) is 1. The van der Waals surface area contributed by atoms with Gasteiger partial charge < -0.3 is 5.73 Å². The summed E-state index contributed by atoms with van der Waals surface area (Å²) < 4.78 is 37.3. The van der Waals surface area contributed by atoms with Crippen LogP contribution in [0, 0.1) is 0 Å². The third-order valence-corrected chi connectivity index (χ3v) is 4.41. The van der Waals surface area contributed by atoms with Gasteiger partial charge in [0.2, 0.25) is 10.0 Å². The fraction of sp³-hybridized carbons (Fsp3) is 1.00. The van der Waals surface area contributed by atoms with Crippen molar-refractivity contribution in [1.82, 2.24) is 4.31 Å². The zero-order valence-corrected chi connectivity index (χ0v) is 8.64. The summed E-state index contributed by atoms with van der Waals surface area (Å²) in [6.45, 7) is 2.86. The van der Waals surface area contributed by atoms with Gasteiger partial charge in [-0.05, 0) is 13.8 Å². The van der Waals surface area contributed by atoms with Crippen molar-refractivity contribution in [1.29, 1.82) is 0 Å². The molecule has 4 nitrogen and oxygen atoms in total. The van der Waals surface area contributed by atoms with E-state index in [2.05, 4.69) is 0 Å². The largest absolute Gasteiger partial charge is 0.327 e. The lowest BCUT2D eigenvalue weighted by Gasteiger charge is -2.43. The fourth-order valence-electron chi connectivity index (χ4n) is 1.19. The molecule has 0 amide bonds. The number of hydrogen-bond acceptors (Lipinski definition) is 3. The first-order valence-corrected chi connectivity index (χ1v) is 5.70. The summed E-state index contributed by atoms with van der Waals surface area (Å²) in [5, 5.41) is -0.491. The summed E-state index contributed by atoms with van der Waals surface area (Å²) in [5.41, 5.74) is 3.66.